The number of carbonyl (C=O) groups is 2. The lowest BCUT2D eigenvalue weighted by Crippen LogP contribution is -2.48. The van der Waals surface area contributed by atoms with Crippen molar-refractivity contribution in [1.82, 2.24) is 5.32 Å². The third-order valence-corrected chi connectivity index (χ3v) is 1.77. The monoisotopic (exact) mass is 227 g/mol. The Bertz CT molecular complexity index is 276. The van der Waals surface area contributed by atoms with Crippen LogP contribution in [0.1, 0.15) is 34.6 Å². The van der Waals surface area contributed by atoms with Gasteiger partial charge in [-0.05, 0) is 26.7 Å². The summed E-state index contributed by atoms with van der Waals surface area (Å²) in [6.07, 6.45) is 0.282. The molecule has 1 amide bonds. The van der Waals surface area contributed by atoms with E-state index in [2.05, 4.69) is 11.9 Å². The molecule has 1 atom stereocenters. The second-order valence-electron chi connectivity index (χ2n) is 5.04. The number of esters is 1. The third kappa shape index (κ3) is 5.53. The Hall–Kier alpha value is -1.32. The van der Waals surface area contributed by atoms with Crippen molar-refractivity contribution in [3.63, 3.8) is 0 Å². The van der Waals surface area contributed by atoms with Gasteiger partial charge in [-0.25, -0.2) is 4.79 Å². The molecule has 0 bridgehead atoms. The molecule has 0 fully saturated rings. The Balaban J connectivity index is 4.60. The minimum atomic E-state index is -0.773. The molecule has 0 radical (unpaired) electrons. The smallest absolute Gasteiger partial charge is 0.330 e. The first-order valence-electron chi connectivity index (χ1n) is 5.32. The summed E-state index contributed by atoms with van der Waals surface area (Å²) in [4.78, 5) is 22.9. The second kappa shape index (κ2) is 5.68. The lowest BCUT2D eigenvalue weighted by atomic mass is 10.0. The standard InChI is InChI=1S/C12H21NO3/c1-7-9(14)16-10(8(2)3)11(15)13-12(4,5)6/h7-8,10H,1H2,2-6H3,(H,13,15). The largest absolute Gasteiger partial charge is 0.449 e. The highest BCUT2D eigenvalue weighted by molar-refractivity contribution is 5.87. The van der Waals surface area contributed by atoms with Crippen molar-refractivity contribution in [2.24, 2.45) is 5.92 Å². The van der Waals surface area contributed by atoms with Gasteiger partial charge in [-0.3, -0.25) is 4.79 Å². The van der Waals surface area contributed by atoms with Crippen molar-refractivity contribution < 1.29 is 14.3 Å². The fourth-order valence-electron chi connectivity index (χ4n) is 1.11. The first kappa shape index (κ1) is 14.7. The van der Waals surface area contributed by atoms with Crippen LogP contribution in [-0.2, 0) is 14.3 Å². The van der Waals surface area contributed by atoms with Crippen LogP contribution >= 0.6 is 0 Å². The quantitative estimate of drug-likeness (QED) is 0.587. The van der Waals surface area contributed by atoms with E-state index in [1.54, 1.807) is 0 Å². The van der Waals surface area contributed by atoms with Crippen LogP contribution in [0.25, 0.3) is 0 Å². The second-order valence-corrected chi connectivity index (χ2v) is 5.04. The number of amides is 1. The summed E-state index contributed by atoms with van der Waals surface area (Å²) in [5.41, 5.74) is -0.342. The number of nitrogens with one attached hydrogen (secondary N) is 1. The SMILES string of the molecule is C=CC(=O)OC(C(=O)NC(C)(C)C)C(C)C. The summed E-state index contributed by atoms with van der Waals surface area (Å²) in [6, 6.07) is 0. The maximum absolute atomic E-state index is 11.8. The lowest BCUT2D eigenvalue weighted by molar-refractivity contribution is -0.154. The van der Waals surface area contributed by atoms with E-state index in [0.717, 1.165) is 6.08 Å². The average Bonchev–Trinajstić information content (AvgIpc) is 2.09. The van der Waals surface area contributed by atoms with E-state index < -0.39 is 12.1 Å². The predicted molar refractivity (Wildman–Crippen MR) is 62.8 cm³/mol. The van der Waals surface area contributed by atoms with Crippen molar-refractivity contribution in [3.05, 3.63) is 12.7 Å². The molecule has 0 aliphatic carbocycles. The average molecular weight is 227 g/mol. The molecule has 4 nitrogen and oxygen atoms in total. The van der Waals surface area contributed by atoms with E-state index in [1.807, 2.05) is 34.6 Å². The Morgan fingerprint density at radius 2 is 1.81 bits per heavy atom. The Labute approximate surface area is 97.1 Å². The van der Waals surface area contributed by atoms with Crippen LogP contribution in [0.15, 0.2) is 12.7 Å². The minimum absolute atomic E-state index is 0.0775. The van der Waals surface area contributed by atoms with Gasteiger partial charge in [0.25, 0.3) is 5.91 Å². The van der Waals surface area contributed by atoms with Gasteiger partial charge in [0.2, 0.25) is 0 Å². The van der Waals surface area contributed by atoms with Gasteiger partial charge in [-0.15, -0.1) is 0 Å². The zero-order valence-electron chi connectivity index (χ0n) is 10.7. The van der Waals surface area contributed by atoms with Crippen molar-refractivity contribution in [3.8, 4) is 0 Å². The lowest BCUT2D eigenvalue weighted by Gasteiger charge is -2.26. The number of hydrogen-bond acceptors (Lipinski definition) is 3. The molecule has 0 aliphatic heterocycles. The van der Waals surface area contributed by atoms with Crippen LogP contribution < -0.4 is 5.32 Å². The molecule has 0 aromatic rings. The maximum atomic E-state index is 11.8. The maximum Gasteiger partial charge on any atom is 0.330 e. The summed E-state index contributed by atoms with van der Waals surface area (Å²) in [5, 5.41) is 2.78. The molecule has 1 unspecified atom stereocenters. The molecule has 16 heavy (non-hydrogen) atoms. The normalized spacial score (nSPS) is 13.1. The van der Waals surface area contributed by atoms with Crippen molar-refractivity contribution in [2.75, 3.05) is 0 Å². The minimum Gasteiger partial charge on any atom is -0.449 e. The number of carbonyl (C=O) groups excluding carboxylic acids is 2. The van der Waals surface area contributed by atoms with Crippen LogP contribution in [0.3, 0.4) is 0 Å². The van der Waals surface area contributed by atoms with Crippen LogP contribution in [0.4, 0.5) is 0 Å². The molecular weight excluding hydrogens is 206 g/mol. The Kier molecular flexibility index (Phi) is 5.21. The van der Waals surface area contributed by atoms with E-state index >= 15 is 0 Å². The molecule has 0 heterocycles. The van der Waals surface area contributed by atoms with Gasteiger partial charge in [-0.1, -0.05) is 20.4 Å². The third-order valence-electron chi connectivity index (χ3n) is 1.77. The summed E-state index contributed by atoms with van der Waals surface area (Å²) in [7, 11) is 0. The molecule has 0 saturated carbocycles. The highest BCUT2D eigenvalue weighted by Crippen LogP contribution is 2.10. The molecule has 0 aliphatic rings. The van der Waals surface area contributed by atoms with E-state index in [9.17, 15) is 9.59 Å². The summed E-state index contributed by atoms with van der Waals surface area (Å²) in [6.45, 7) is 12.6. The van der Waals surface area contributed by atoms with E-state index in [-0.39, 0.29) is 17.4 Å². The van der Waals surface area contributed by atoms with E-state index in [0.29, 0.717) is 0 Å². The molecule has 0 rings (SSSR count). The van der Waals surface area contributed by atoms with E-state index in [1.165, 1.54) is 0 Å². The summed E-state index contributed by atoms with van der Waals surface area (Å²) < 4.78 is 5.00. The van der Waals surface area contributed by atoms with E-state index in [4.69, 9.17) is 4.74 Å². The Morgan fingerprint density at radius 3 is 2.12 bits per heavy atom. The number of hydrogen-bond donors (Lipinski definition) is 1. The van der Waals surface area contributed by atoms with Gasteiger partial charge in [0, 0.05) is 11.6 Å². The predicted octanol–water partition coefficient (Wildman–Crippen LogP) is 1.65. The van der Waals surface area contributed by atoms with Crippen LogP contribution in [-0.4, -0.2) is 23.5 Å². The van der Waals surface area contributed by atoms with Crippen LogP contribution in [0.5, 0.6) is 0 Å². The van der Waals surface area contributed by atoms with Crippen LogP contribution in [0.2, 0.25) is 0 Å². The number of ether oxygens (including phenoxy) is 1. The van der Waals surface area contributed by atoms with Gasteiger partial charge < -0.3 is 10.1 Å². The van der Waals surface area contributed by atoms with Gasteiger partial charge in [0.1, 0.15) is 0 Å². The highest BCUT2D eigenvalue weighted by atomic mass is 16.5. The fraction of sp³-hybridized carbons (Fsp3) is 0.667. The van der Waals surface area contributed by atoms with Gasteiger partial charge in [0.05, 0.1) is 0 Å². The molecular formula is C12H21NO3. The zero-order chi connectivity index (χ0) is 12.9. The molecule has 0 saturated heterocycles. The summed E-state index contributed by atoms with van der Waals surface area (Å²) >= 11 is 0. The topological polar surface area (TPSA) is 55.4 Å². The highest BCUT2D eigenvalue weighted by Gasteiger charge is 2.28. The summed E-state index contributed by atoms with van der Waals surface area (Å²) in [5.74, 6) is -0.938. The van der Waals surface area contributed by atoms with Crippen molar-refractivity contribution >= 4 is 11.9 Å². The first-order valence-corrected chi connectivity index (χ1v) is 5.32. The Morgan fingerprint density at radius 1 is 1.31 bits per heavy atom. The first-order chi connectivity index (χ1) is 7.17. The van der Waals surface area contributed by atoms with Gasteiger partial charge in [0.15, 0.2) is 6.10 Å². The van der Waals surface area contributed by atoms with Gasteiger partial charge in [-0.2, -0.15) is 0 Å². The molecule has 1 N–H and O–H groups in total. The molecule has 4 heteroatoms. The van der Waals surface area contributed by atoms with Crippen LogP contribution in [0, 0.1) is 5.92 Å². The molecule has 0 aromatic heterocycles. The van der Waals surface area contributed by atoms with Crippen molar-refractivity contribution in [1.29, 1.82) is 0 Å². The molecule has 0 spiro atoms. The van der Waals surface area contributed by atoms with Gasteiger partial charge >= 0.3 is 5.97 Å². The molecule has 92 valence electrons. The fourth-order valence-corrected chi connectivity index (χ4v) is 1.11. The van der Waals surface area contributed by atoms with Crippen molar-refractivity contribution in [2.45, 2.75) is 46.3 Å². The molecule has 0 aromatic carbocycles. The number of rotatable bonds is 4. The zero-order valence-corrected chi connectivity index (χ0v) is 10.7.